The van der Waals surface area contributed by atoms with E-state index in [1.54, 1.807) is 6.20 Å². The predicted molar refractivity (Wildman–Crippen MR) is 120 cm³/mol. The minimum atomic E-state index is 0.0386. The van der Waals surface area contributed by atoms with Crippen LogP contribution in [0.1, 0.15) is 40.6 Å². The summed E-state index contributed by atoms with van der Waals surface area (Å²) in [4.78, 5) is 23.4. The van der Waals surface area contributed by atoms with E-state index in [9.17, 15) is 4.79 Å². The summed E-state index contributed by atoms with van der Waals surface area (Å²) in [6.45, 7) is 3.38. The zero-order valence-corrected chi connectivity index (χ0v) is 18.3. The molecule has 30 heavy (non-hydrogen) atoms. The molecule has 2 aromatic carbocycles. The van der Waals surface area contributed by atoms with Crippen LogP contribution in [0.5, 0.6) is 0 Å². The third-order valence-electron chi connectivity index (χ3n) is 5.81. The standard InChI is InChI=1S/C23H22BrN5O/c1-15-19(13-25-29(15)18-10-8-17(24)9-11-18)23(30)28-12-4-5-16(14-28)22-26-20-6-2-3-7-21(20)27-22/h2-3,6-11,13,16H,4-5,12,14H2,1H3,(H,26,27). The fourth-order valence-corrected chi connectivity index (χ4v) is 4.45. The Kier molecular flexibility index (Phi) is 4.90. The number of carbonyl (C=O) groups excluding carboxylic acids is 1. The second-order valence-corrected chi connectivity index (χ2v) is 8.68. The first-order valence-electron chi connectivity index (χ1n) is 10.1. The van der Waals surface area contributed by atoms with Gasteiger partial charge in [-0.05, 0) is 56.2 Å². The third kappa shape index (κ3) is 3.43. The molecule has 4 aromatic rings. The van der Waals surface area contributed by atoms with Gasteiger partial charge in [-0.25, -0.2) is 9.67 Å². The van der Waals surface area contributed by atoms with Gasteiger partial charge in [-0.1, -0.05) is 28.1 Å². The SMILES string of the molecule is Cc1c(C(=O)N2CCCC(c3nc4ccccc4[nH]3)C2)cnn1-c1ccc(Br)cc1. The lowest BCUT2D eigenvalue weighted by Gasteiger charge is -2.31. The van der Waals surface area contributed by atoms with Crippen LogP contribution in [0.2, 0.25) is 0 Å². The highest BCUT2D eigenvalue weighted by atomic mass is 79.9. The van der Waals surface area contributed by atoms with Crippen molar-refractivity contribution in [3.05, 3.63) is 76.3 Å². The number of fused-ring (bicyclic) bond motifs is 1. The van der Waals surface area contributed by atoms with Crippen LogP contribution in [0, 0.1) is 6.92 Å². The number of H-pyrrole nitrogens is 1. The van der Waals surface area contributed by atoms with Crippen LogP contribution < -0.4 is 0 Å². The number of rotatable bonds is 3. The topological polar surface area (TPSA) is 66.8 Å². The van der Waals surface area contributed by atoms with Crippen LogP contribution in [0.25, 0.3) is 16.7 Å². The van der Waals surface area contributed by atoms with Gasteiger partial charge in [0.2, 0.25) is 0 Å². The molecule has 3 heterocycles. The largest absolute Gasteiger partial charge is 0.342 e. The van der Waals surface area contributed by atoms with E-state index in [2.05, 4.69) is 26.0 Å². The molecular weight excluding hydrogens is 442 g/mol. The number of benzene rings is 2. The lowest BCUT2D eigenvalue weighted by atomic mass is 9.97. The van der Waals surface area contributed by atoms with E-state index in [-0.39, 0.29) is 11.8 Å². The molecule has 7 heteroatoms. The van der Waals surface area contributed by atoms with Crippen molar-refractivity contribution in [2.45, 2.75) is 25.7 Å². The Morgan fingerprint density at radius 3 is 2.77 bits per heavy atom. The van der Waals surface area contributed by atoms with Crippen molar-refractivity contribution < 1.29 is 4.79 Å². The Bertz CT molecular complexity index is 1180. The number of halogens is 1. The Labute approximate surface area is 183 Å². The number of hydrogen-bond donors (Lipinski definition) is 1. The van der Waals surface area contributed by atoms with Gasteiger partial charge in [0.15, 0.2) is 0 Å². The highest BCUT2D eigenvalue weighted by Crippen LogP contribution is 2.28. The van der Waals surface area contributed by atoms with E-state index in [1.807, 2.05) is 65.0 Å². The zero-order valence-electron chi connectivity index (χ0n) is 16.7. The zero-order chi connectivity index (χ0) is 20.7. The first kappa shape index (κ1) is 19.1. The number of para-hydroxylation sites is 2. The number of carbonyl (C=O) groups is 1. The van der Waals surface area contributed by atoms with Crippen LogP contribution in [0.4, 0.5) is 0 Å². The summed E-state index contributed by atoms with van der Waals surface area (Å²) in [6.07, 6.45) is 3.68. The molecule has 1 fully saturated rings. The lowest BCUT2D eigenvalue weighted by molar-refractivity contribution is 0.0704. The second kappa shape index (κ2) is 7.72. The van der Waals surface area contributed by atoms with E-state index in [0.717, 1.165) is 52.1 Å². The minimum Gasteiger partial charge on any atom is -0.342 e. The molecule has 1 unspecified atom stereocenters. The maximum absolute atomic E-state index is 13.3. The maximum atomic E-state index is 13.3. The monoisotopic (exact) mass is 463 g/mol. The van der Waals surface area contributed by atoms with E-state index in [1.165, 1.54) is 0 Å². The number of amides is 1. The van der Waals surface area contributed by atoms with Gasteiger partial charge in [0, 0.05) is 23.5 Å². The molecule has 0 saturated carbocycles. The van der Waals surface area contributed by atoms with E-state index in [4.69, 9.17) is 4.98 Å². The number of aromatic amines is 1. The fourth-order valence-electron chi connectivity index (χ4n) is 4.18. The number of nitrogens with one attached hydrogen (secondary N) is 1. The van der Waals surface area contributed by atoms with Crippen LogP contribution in [-0.2, 0) is 0 Å². The molecule has 0 spiro atoms. The van der Waals surface area contributed by atoms with Crippen molar-refractivity contribution in [2.75, 3.05) is 13.1 Å². The summed E-state index contributed by atoms with van der Waals surface area (Å²) >= 11 is 3.45. The van der Waals surface area contributed by atoms with E-state index < -0.39 is 0 Å². The van der Waals surface area contributed by atoms with Crippen LogP contribution >= 0.6 is 15.9 Å². The Balaban J connectivity index is 1.37. The molecule has 1 atom stereocenters. The quantitative estimate of drug-likeness (QED) is 0.472. The van der Waals surface area contributed by atoms with E-state index >= 15 is 0 Å². The molecule has 0 aliphatic carbocycles. The van der Waals surface area contributed by atoms with Gasteiger partial charge in [0.25, 0.3) is 5.91 Å². The first-order chi connectivity index (χ1) is 14.6. The molecule has 0 bridgehead atoms. The lowest BCUT2D eigenvalue weighted by Crippen LogP contribution is -2.39. The summed E-state index contributed by atoms with van der Waals surface area (Å²) < 4.78 is 2.83. The van der Waals surface area contributed by atoms with Crippen molar-refractivity contribution in [3.63, 3.8) is 0 Å². The summed E-state index contributed by atoms with van der Waals surface area (Å²) in [5.41, 5.74) is 4.47. The van der Waals surface area contributed by atoms with Gasteiger partial charge in [-0.15, -0.1) is 0 Å². The van der Waals surface area contributed by atoms with Crippen molar-refractivity contribution in [1.29, 1.82) is 0 Å². The number of nitrogens with zero attached hydrogens (tertiary/aromatic N) is 4. The van der Waals surface area contributed by atoms with Gasteiger partial charge in [-0.2, -0.15) is 5.10 Å². The highest BCUT2D eigenvalue weighted by molar-refractivity contribution is 9.10. The number of piperidine rings is 1. The van der Waals surface area contributed by atoms with Crippen LogP contribution in [-0.4, -0.2) is 43.6 Å². The molecule has 5 rings (SSSR count). The third-order valence-corrected chi connectivity index (χ3v) is 6.34. The summed E-state index contributed by atoms with van der Waals surface area (Å²) in [5, 5.41) is 4.47. The molecular formula is C23H22BrN5O. The minimum absolute atomic E-state index is 0.0386. The first-order valence-corrected chi connectivity index (χ1v) is 10.9. The van der Waals surface area contributed by atoms with Gasteiger partial charge >= 0.3 is 0 Å². The Hall–Kier alpha value is -2.93. The normalized spacial score (nSPS) is 16.9. The van der Waals surface area contributed by atoms with Crippen molar-refractivity contribution >= 4 is 32.9 Å². The molecule has 152 valence electrons. The highest BCUT2D eigenvalue weighted by Gasteiger charge is 2.29. The average molecular weight is 464 g/mol. The second-order valence-electron chi connectivity index (χ2n) is 7.76. The molecule has 2 aromatic heterocycles. The summed E-state index contributed by atoms with van der Waals surface area (Å²) in [6, 6.07) is 16.0. The van der Waals surface area contributed by atoms with Crippen molar-refractivity contribution in [1.82, 2.24) is 24.6 Å². The number of imidazole rings is 1. The fraction of sp³-hybridized carbons (Fsp3) is 0.261. The van der Waals surface area contributed by atoms with Crippen LogP contribution in [0.3, 0.4) is 0 Å². The van der Waals surface area contributed by atoms with Crippen molar-refractivity contribution in [3.8, 4) is 5.69 Å². The van der Waals surface area contributed by atoms with Gasteiger partial charge in [0.05, 0.1) is 34.2 Å². The summed E-state index contributed by atoms with van der Waals surface area (Å²) in [5.74, 6) is 1.23. The van der Waals surface area contributed by atoms with Crippen molar-refractivity contribution in [2.24, 2.45) is 0 Å². The maximum Gasteiger partial charge on any atom is 0.257 e. The average Bonchev–Trinajstić information content (AvgIpc) is 3.38. The van der Waals surface area contributed by atoms with E-state index in [0.29, 0.717) is 12.1 Å². The molecule has 1 amide bonds. The number of hydrogen-bond acceptors (Lipinski definition) is 3. The molecule has 1 aliphatic rings. The number of likely N-dealkylation sites (tertiary alicyclic amines) is 1. The molecule has 1 N–H and O–H groups in total. The Morgan fingerprint density at radius 2 is 1.97 bits per heavy atom. The van der Waals surface area contributed by atoms with Gasteiger partial charge in [-0.3, -0.25) is 4.79 Å². The van der Waals surface area contributed by atoms with Gasteiger partial charge < -0.3 is 9.88 Å². The molecule has 1 aliphatic heterocycles. The smallest absolute Gasteiger partial charge is 0.257 e. The van der Waals surface area contributed by atoms with Crippen LogP contribution in [0.15, 0.2) is 59.2 Å². The van der Waals surface area contributed by atoms with Gasteiger partial charge in [0.1, 0.15) is 5.82 Å². The molecule has 0 radical (unpaired) electrons. The molecule has 1 saturated heterocycles. The predicted octanol–water partition coefficient (Wildman–Crippen LogP) is 4.84. The Morgan fingerprint density at radius 1 is 1.17 bits per heavy atom. The molecule has 6 nitrogen and oxygen atoms in total. The summed E-state index contributed by atoms with van der Waals surface area (Å²) in [7, 11) is 0. The number of aromatic nitrogens is 4.